The number of pyridine rings is 2. The normalized spacial score (nSPS) is 13.6. The maximum atomic E-state index is 14.8. The molecule has 0 aliphatic carbocycles. The molecule has 0 radical (unpaired) electrons. The van der Waals surface area contributed by atoms with Crippen LogP contribution in [0.2, 0.25) is 0 Å². The highest BCUT2D eigenvalue weighted by molar-refractivity contribution is 8.00. The Hall–Kier alpha value is -3.98. The molecule has 2 aromatic heterocycles. The Morgan fingerprint density at radius 3 is 2.29 bits per heavy atom. The zero-order chi connectivity index (χ0) is 24.2. The van der Waals surface area contributed by atoms with Crippen molar-refractivity contribution in [2.24, 2.45) is 0 Å². The van der Waals surface area contributed by atoms with Crippen molar-refractivity contribution >= 4 is 40.4 Å². The zero-order valence-electron chi connectivity index (χ0n) is 18.7. The summed E-state index contributed by atoms with van der Waals surface area (Å²) in [4.78, 5) is 38.1. The molecule has 2 aromatic carbocycles. The van der Waals surface area contributed by atoms with Crippen LogP contribution < -0.4 is 4.72 Å². The first-order valence-corrected chi connectivity index (χ1v) is 12.0. The quantitative estimate of drug-likeness (QED) is 0.418. The van der Waals surface area contributed by atoms with Gasteiger partial charge in [0.2, 0.25) is 0 Å². The molecule has 9 heteroatoms. The molecular formula is C26H22FN5O2S. The fourth-order valence-corrected chi connectivity index (χ4v) is 4.77. The van der Waals surface area contributed by atoms with E-state index in [4.69, 9.17) is 0 Å². The Labute approximate surface area is 206 Å². The molecule has 7 nitrogen and oxygen atoms in total. The molecule has 1 N–H and O–H groups in total. The van der Waals surface area contributed by atoms with Crippen LogP contribution in [-0.2, 0) is 0 Å². The van der Waals surface area contributed by atoms with Crippen LogP contribution in [0, 0.1) is 5.82 Å². The summed E-state index contributed by atoms with van der Waals surface area (Å²) in [6.45, 7) is 1.60. The molecule has 1 aliphatic rings. The van der Waals surface area contributed by atoms with Crippen LogP contribution >= 0.6 is 11.9 Å². The fourth-order valence-electron chi connectivity index (χ4n) is 3.97. The molecule has 3 heterocycles. The molecule has 0 atom stereocenters. The number of para-hydroxylation sites is 1. The molecule has 1 saturated heterocycles. The molecule has 4 aromatic rings. The fraction of sp³-hybridized carbons (Fsp3) is 0.154. The third-order valence-corrected chi connectivity index (χ3v) is 6.72. The van der Waals surface area contributed by atoms with Gasteiger partial charge < -0.3 is 14.5 Å². The number of piperazine rings is 1. The van der Waals surface area contributed by atoms with Gasteiger partial charge in [0.15, 0.2) is 0 Å². The first kappa shape index (κ1) is 22.8. The summed E-state index contributed by atoms with van der Waals surface area (Å²) < 4.78 is 17.9. The molecule has 0 saturated carbocycles. The van der Waals surface area contributed by atoms with Gasteiger partial charge in [-0.15, -0.1) is 0 Å². The van der Waals surface area contributed by atoms with Crippen LogP contribution in [0.1, 0.15) is 20.7 Å². The van der Waals surface area contributed by atoms with Gasteiger partial charge in [-0.05, 0) is 54.4 Å². The minimum absolute atomic E-state index is 0.106. The van der Waals surface area contributed by atoms with Gasteiger partial charge in [-0.1, -0.05) is 18.2 Å². The van der Waals surface area contributed by atoms with Gasteiger partial charge in [0.1, 0.15) is 5.82 Å². The van der Waals surface area contributed by atoms with E-state index in [-0.39, 0.29) is 23.1 Å². The number of carbonyl (C=O) groups excluding carboxylic acids is 2. The Bertz CT molecular complexity index is 1370. The first-order valence-electron chi connectivity index (χ1n) is 11.1. The zero-order valence-corrected chi connectivity index (χ0v) is 19.5. The molecule has 0 unspecified atom stereocenters. The van der Waals surface area contributed by atoms with Crippen LogP contribution in [0.15, 0.2) is 84.1 Å². The number of hydrogen-bond donors (Lipinski definition) is 1. The molecule has 2 amide bonds. The Morgan fingerprint density at radius 2 is 1.57 bits per heavy atom. The van der Waals surface area contributed by atoms with Crippen molar-refractivity contribution in [1.29, 1.82) is 0 Å². The molecule has 1 fully saturated rings. The van der Waals surface area contributed by atoms with Crippen LogP contribution in [0.4, 0.5) is 10.1 Å². The summed E-state index contributed by atoms with van der Waals surface area (Å²) >= 11 is 1.27. The number of nitrogens with zero attached hydrogens (tertiary/aromatic N) is 4. The minimum Gasteiger partial charge on any atom is -0.335 e. The lowest BCUT2D eigenvalue weighted by Gasteiger charge is -2.34. The number of fused-ring (bicyclic) bond motifs is 1. The van der Waals surface area contributed by atoms with Gasteiger partial charge in [-0.2, -0.15) is 0 Å². The van der Waals surface area contributed by atoms with E-state index in [1.165, 1.54) is 24.2 Å². The number of nitrogens with one attached hydrogen (secondary N) is 1. The third kappa shape index (κ3) is 4.95. The standard InChI is InChI=1S/C26H22FN5O2S/c27-21-16-19(8-9-22(21)30-35-23-7-1-4-18-5-3-11-29-24(18)23)25(33)31-12-14-32(15-13-31)26(34)20-6-2-10-28-17-20/h1-11,16-17,30H,12-15H2. The predicted molar refractivity (Wildman–Crippen MR) is 134 cm³/mol. The highest BCUT2D eigenvalue weighted by atomic mass is 32.2. The highest BCUT2D eigenvalue weighted by Gasteiger charge is 2.26. The molecule has 0 bridgehead atoms. The Balaban J connectivity index is 1.21. The van der Waals surface area contributed by atoms with Crippen molar-refractivity contribution in [2.45, 2.75) is 4.90 Å². The third-order valence-electron chi connectivity index (χ3n) is 5.85. The van der Waals surface area contributed by atoms with E-state index in [2.05, 4.69) is 14.7 Å². The average Bonchev–Trinajstić information content (AvgIpc) is 2.92. The molecular weight excluding hydrogens is 465 g/mol. The molecule has 5 rings (SSSR count). The van der Waals surface area contributed by atoms with Gasteiger partial charge in [-0.3, -0.25) is 19.6 Å². The molecule has 0 spiro atoms. The van der Waals surface area contributed by atoms with Crippen molar-refractivity contribution in [3.63, 3.8) is 0 Å². The van der Waals surface area contributed by atoms with Gasteiger partial charge in [0.05, 0.1) is 21.7 Å². The van der Waals surface area contributed by atoms with Crippen LogP contribution in [-0.4, -0.2) is 57.8 Å². The van der Waals surface area contributed by atoms with Gasteiger partial charge >= 0.3 is 0 Å². The van der Waals surface area contributed by atoms with Crippen molar-refractivity contribution in [1.82, 2.24) is 19.8 Å². The monoisotopic (exact) mass is 487 g/mol. The van der Waals surface area contributed by atoms with Crippen LogP contribution in [0.3, 0.4) is 0 Å². The average molecular weight is 488 g/mol. The summed E-state index contributed by atoms with van der Waals surface area (Å²) in [5, 5.41) is 1.00. The molecule has 35 heavy (non-hydrogen) atoms. The predicted octanol–water partition coefficient (Wildman–Crippen LogP) is 4.49. The number of aromatic nitrogens is 2. The summed E-state index contributed by atoms with van der Waals surface area (Å²) in [5.74, 6) is -0.873. The SMILES string of the molecule is O=C(c1cccnc1)N1CCN(C(=O)c2ccc(NSc3cccc4cccnc34)c(F)c2)CC1. The Morgan fingerprint density at radius 1 is 0.857 bits per heavy atom. The molecule has 176 valence electrons. The highest BCUT2D eigenvalue weighted by Crippen LogP contribution is 2.29. The lowest BCUT2D eigenvalue weighted by Crippen LogP contribution is -2.50. The van der Waals surface area contributed by atoms with Gasteiger partial charge in [-0.25, -0.2) is 4.39 Å². The van der Waals surface area contributed by atoms with E-state index in [0.29, 0.717) is 31.7 Å². The van der Waals surface area contributed by atoms with Crippen molar-refractivity contribution in [2.75, 3.05) is 30.9 Å². The van der Waals surface area contributed by atoms with E-state index in [1.807, 2.05) is 30.3 Å². The van der Waals surface area contributed by atoms with Crippen molar-refractivity contribution in [3.8, 4) is 0 Å². The van der Waals surface area contributed by atoms with E-state index in [0.717, 1.165) is 15.8 Å². The molecule has 1 aliphatic heterocycles. The Kier molecular flexibility index (Phi) is 6.58. The second-order valence-corrected chi connectivity index (χ2v) is 8.90. The number of carbonyl (C=O) groups is 2. The largest absolute Gasteiger partial charge is 0.335 e. The maximum Gasteiger partial charge on any atom is 0.255 e. The number of rotatable bonds is 5. The van der Waals surface area contributed by atoms with E-state index >= 15 is 0 Å². The summed E-state index contributed by atoms with van der Waals surface area (Å²) in [6, 6.07) is 17.5. The number of amides is 2. The van der Waals surface area contributed by atoms with Crippen molar-refractivity contribution < 1.29 is 14.0 Å². The summed E-state index contributed by atoms with van der Waals surface area (Å²) in [5.41, 5.74) is 1.92. The topological polar surface area (TPSA) is 78.4 Å². The summed E-state index contributed by atoms with van der Waals surface area (Å²) in [7, 11) is 0. The van der Waals surface area contributed by atoms with E-state index < -0.39 is 5.82 Å². The van der Waals surface area contributed by atoms with E-state index in [9.17, 15) is 14.0 Å². The number of benzene rings is 2. The summed E-state index contributed by atoms with van der Waals surface area (Å²) in [6.07, 6.45) is 4.88. The maximum absolute atomic E-state index is 14.8. The van der Waals surface area contributed by atoms with Gasteiger partial charge in [0.25, 0.3) is 11.8 Å². The smallest absolute Gasteiger partial charge is 0.255 e. The van der Waals surface area contributed by atoms with Crippen molar-refractivity contribution in [3.05, 3.63) is 96.2 Å². The van der Waals surface area contributed by atoms with Crippen LogP contribution in [0.5, 0.6) is 0 Å². The van der Waals surface area contributed by atoms with Crippen LogP contribution in [0.25, 0.3) is 10.9 Å². The lowest BCUT2D eigenvalue weighted by atomic mass is 10.1. The second kappa shape index (κ2) is 10.1. The number of anilines is 1. The second-order valence-electron chi connectivity index (χ2n) is 8.06. The van der Waals surface area contributed by atoms with Gasteiger partial charge in [0, 0.05) is 55.7 Å². The first-order chi connectivity index (χ1) is 17.1. The minimum atomic E-state index is -0.512. The number of hydrogen-bond acceptors (Lipinski definition) is 6. The van der Waals surface area contributed by atoms with E-state index in [1.54, 1.807) is 46.5 Å². The lowest BCUT2D eigenvalue weighted by molar-refractivity contribution is 0.0535. The number of halogens is 1.